The number of rotatable bonds is 3. The largest absolute Gasteiger partial charge is 0.396 e. The van der Waals surface area contributed by atoms with Gasteiger partial charge >= 0.3 is 0 Å². The number of nitrogens with zero attached hydrogens (tertiary/aromatic N) is 2. The lowest BCUT2D eigenvalue weighted by Crippen LogP contribution is -2.34. The molecular formula is C11H15Cl2N3O. The Morgan fingerprint density at radius 1 is 1.35 bits per heavy atom. The molecule has 17 heavy (non-hydrogen) atoms. The van der Waals surface area contributed by atoms with Crippen LogP contribution in [0.4, 0.5) is 5.82 Å². The number of aliphatic hydroxyl groups excluding tert-OH is 1. The van der Waals surface area contributed by atoms with Gasteiger partial charge in [-0.1, -0.05) is 24.4 Å². The van der Waals surface area contributed by atoms with Crippen molar-refractivity contribution in [2.24, 2.45) is 5.92 Å². The standard InChI is InChI=1S/C11H15Cl2N3O/c12-8-5-14-11(13)16-10(8)15-9-4-2-1-3-7(9)6-17/h5,7,9,17H,1-4,6H2,(H,14,15,16). The molecule has 94 valence electrons. The first-order valence-electron chi connectivity index (χ1n) is 5.76. The second kappa shape index (κ2) is 5.85. The van der Waals surface area contributed by atoms with Crippen LogP contribution in [0.15, 0.2) is 6.20 Å². The minimum atomic E-state index is 0.174. The lowest BCUT2D eigenvalue weighted by molar-refractivity contribution is 0.178. The van der Waals surface area contributed by atoms with Gasteiger partial charge in [0.25, 0.3) is 0 Å². The Labute approximate surface area is 110 Å². The van der Waals surface area contributed by atoms with Crippen molar-refractivity contribution in [3.8, 4) is 0 Å². The molecule has 1 aromatic heterocycles. The first-order chi connectivity index (χ1) is 8.20. The Kier molecular flexibility index (Phi) is 4.42. The van der Waals surface area contributed by atoms with E-state index in [0.29, 0.717) is 10.8 Å². The predicted octanol–water partition coefficient (Wildman–Crippen LogP) is 2.75. The van der Waals surface area contributed by atoms with Crippen molar-refractivity contribution in [3.63, 3.8) is 0 Å². The number of anilines is 1. The highest BCUT2D eigenvalue weighted by Gasteiger charge is 2.25. The van der Waals surface area contributed by atoms with Crippen LogP contribution >= 0.6 is 23.2 Å². The van der Waals surface area contributed by atoms with Gasteiger partial charge in [-0.2, -0.15) is 4.98 Å². The van der Waals surface area contributed by atoms with E-state index in [-0.39, 0.29) is 23.9 Å². The number of aliphatic hydroxyl groups is 1. The van der Waals surface area contributed by atoms with E-state index in [4.69, 9.17) is 23.2 Å². The van der Waals surface area contributed by atoms with Gasteiger partial charge < -0.3 is 10.4 Å². The molecule has 0 saturated heterocycles. The van der Waals surface area contributed by atoms with Crippen molar-refractivity contribution in [1.82, 2.24) is 9.97 Å². The fraction of sp³-hybridized carbons (Fsp3) is 0.636. The number of hydrogen-bond acceptors (Lipinski definition) is 4. The maximum atomic E-state index is 9.33. The van der Waals surface area contributed by atoms with E-state index >= 15 is 0 Å². The molecule has 1 heterocycles. The monoisotopic (exact) mass is 275 g/mol. The molecule has 1 saturated carbocycles. The van der Waals surface area contributed by atoms with Gasteiger partial charge in [-0.3, -0.25) is 0 Å². The molecule has 1 fully saturated rings. The molecule has 0 aromatic carbocycles. The summed E-state index contributed by atoms with van der Waals surface area (Å²) >= 11 is 11.7. The second-order valence-corrected chi connectivity index (χ2v) is 5.06. The highest BCUT2D eigenvalue weighted by molar-refractivity contribution is 6.33. The van der Waals surface area contributed by atoms with Crippen molar-refractivity contribution >= 4 is 29.0 Å². The van der Waals surface area contributed by atoms with Crippen LogP contribution in [0.5, 0.6) is 0 Å². The Balaban J connectivity index is 2.10. The lowest BCUT2D eigenvalue weighted by atomic mass is 9.85. The maximum absolute atomic E-state index is 9.33. The van der Waals surface area contributed by atoms with E-state index in [0.717, 1.165) is 19.3 Å². The molecule has 2 unspecified atom stereocenters. The van der Waals surface area contributed by atoms with Crippen molar-refractivity contribution in [2.45, 2.75) is 31.7 Å². The summed E-state index contributed by atoms with van der Waals surface area (Å²) in [6.45, 7) is 0.189. The summed E-state index contributed by atoms with van der Waals surface area (Å²) in [7, 11) is 0. The van der Waals surface area contributed by atoms with E-state index in [9.17, 15) is 5.11 Å². The van der Waals surface area contributed by atoms with Crippen molar-refractivity contribution < 1.29 is 5.11 Å². The van der Waals surface area contributed by atoms with E-state index in [1.165, 1.54) is 12.6 Å². The molecule has 1 aliphatic rings. The van der Waals surface area contributed by atoms with Gasteiger partial charge in [0.05, 0.1) is 6.20 Å². The van der Waals surface area contributed by atoms with Gasteiger partial charge in [0.1, 0.15) is 10.8 Å². The SMILES string of the molecule is OCC1CCCCC1Nc1nc(Cl)ncc1Cl. The second-order valence-electron chi connectivity index (χ2n) is 4.31. The summed E-state index contributed by atoms with van der Waals surface area (Å²) in [5, 5.41) is 13.2. The van der Waals surface area contributed by atoms with Gasteiger partial charge in [-0.25, -0.2) is 4.98 Å². The lowest BCUT2D eigenvalue weighted by Gasteiger charge is -2.31. The molecule has 0 radical (unpaired) electrons. The summed E-state index contributed by atoms with van der Waals surface area (Å²) in [5.74, 6) is 0.811. The van der Waals surface area contributed by atoms with Crippen LogP contribution in [0.1, 0.15) is 25.7 Å². The number of hydrogen-bond donors (Lipinski definition) is 2. The van der Waals surface area contributed by atoms with Crippen LogP contribution in [0.3, 0.4) is 0 Å². The van der Waals surface area contributed by atoms with E-state index in [1.807, 2.05) is 0 Å². The van der Waals surface area contributed by atoms with Crippen molar-refractivity contribution in [3.05, 3.63) is 16.5 Å². The summed E-state index contributed by atoms with van der Waals surface area (Å²) < 4.78 is 0. The quantitative estimate of drug-likeness (QED) is 0.833. The molecule has 2 rings (SSSR count). The molecule has 1 aromatic rings. The van der Waals surface area contributed by atoms with Crippen molar-refractivity contribution in [2.75, 3.05) is 11.9 Å². The molecule has 0 spiro atoms. The van der Waals surface area contributed by atoms with E-state index in [2.05, 4.69) is 15.3 Å². The van der Waals surface area contributed by atoms with E-state index < -0.39 is 0 Å². The van der Waals surface area contributed by atoms with Crippen molar-refractivity contribution in [1.29, 1.82) is 0 Å². The Morgan fingerprint density at radius 3 is 2.88 bits per heavy atom. The molecule has 4 nitrogen and oxygen atoms in total. The average Bonchev–Trinajstić information content (AvgIpc) is 2.34. The molecule has 2 atom stereocenters. The highest BCUT2D eigenvalue weighted by Crippen LogP contribution is 2.29. The summed E-state index contributed by atoms with van der Waals surface area (Å²) in [5.41, 5.74) is 0. The third kappa shape index (κ3) is 3.21. The summed E-state index contributed by atoms with van der Waals surface area (Å²) in [6, 6.07) is 0.206. The minimum Gasteiger partial charge on any atom is -0.396 e. The molecule has 1 aliphatic carbocycles. The zero-order chi connectivity index (χ0) is 12.3. The fourth-order valence-corrected chi connectivity index (χ4v) is 2.52. The van der Waals surface area contributed by atoms with Gasteiger partial charge in [-0.05, 0) is 24.4 Å². The van der Waals surface area contributed by atoms with E-state index in [1.54, 1.807) is 0 Å². The Bertz CT molecular complexity index is 389. The zero-order valence-corrected chi connectivity index (χ0v) is 10.9. The molecule has 0 aliphatic heterocycles. The smallest absolute Gasteiger partial charge is 0.224 e. The van der Waals surface area contributed by atoms with Crippen LogP contribution < -0.4 is 5.32 Å². The molecule has 2 N–H and O–H groups in total. The van der Waals surface area contributed by atoms with Gasteiger partial charge in [0, 0.05) is 18.6 Å². The number of nitrogens with one attached hydrogen (secondary N) is 1. The number of halogens is 2. The average molecular weight is 276 g/mol. The first kappa shape index (κ1) is 12.9. The van der Waals surface area contributed by atoms with Crippen LogP contribution in [0.25, 0.3) is 0 Å². The van der Waals surface area contributed by atoms with Crippen LogP contribution in [0.2, 0.25) is 10.3 Å². The summed E-state index contributed by atoms with van der Waals surface area (Å²) in [6.07, 6.45) is 5.86. The van der Waals surface area contributed by atoms with Crippen LogP contribution in [-0.2, 0) is 0 Å². The van der Waals surface area contributed by atoms with Gasteiger partial charge in [-0.15, -0.1) is 0 Å². The normalized spacial score (nSPS) is 24.6. The molecular weight excluding hydrogens is 261 g/mol. The fourth-order valence-electron chi connectivity index (χ4n) is 2.24. The predicted molar refractivity (Wildman–Crippen MR) is 68.5 cm³/mol. The molecule has 0 bridgehead atoms. The zero-order valence-electron chi connectivity index (χ0n) is 9.37. The highest BCUT2D eigenvalue weighted by atomic mass is 35.5. The Morgan fingerprint density at radius 2 is 2.12 bits per heavy atom. The molecule has 0 amide bonds. The van der Waals surface area contributed by atoms with Gasteiger partial charge in [0.2, 0.25) is 5.28 Å². The van der Waals surface area contributed by atoms with Crippen LogP contribution in [-0.4, -0.2) is 27.7 Å². The maximum Gasteiger partial charge on any atom is 0.224 e. The van der Waals surface area contributed by atoms with Gasteiger partial charge in [0.15, 0.2) is 0 Å². The topological polar surface area (TPSA) is 58.0 Å². The van der Waals surface area contributed by atoms with Crippen LogP contribution in [0, 0.1) is 5.92 Å². The summed E-state index contributed by atoms with van der Waals surface area (Å²) in [4.78, 5) is 7.87. The third-order valence-corrected chi connectivity index (χ3v) is 3.64. The molecule has 6 heteroatoms. The minimum absolute atomic E-state index is 0.174. The first-order valence-corrected chi connectivity index (χ1v) is 6.51. The number of aromatic nitrogens is 2. The third-order valence-electron chi connectivity index (χ3n) is 3.18. The Hall–Kier alpha value is -0.580.